The lowest BCUT2D eigenvalue weighted by atomic mass is 10.1. The Balaban J connectivity index is 3.28. The molecule has 0 atom stereocenters. The fourth-order valence-corrected chi connectivity index (χ4v) is 0.986. The molecule has 1 rings (SSSR count). The summed E-state index contributed by atoms with van der Waals surface area (Å²) in [6.45, 7) is -0.357. The highest BCUT2D eigenvalue weighted by Crippen LogP contribution is 2.21. The van der Waals surface area contributed by atoms with Gasteiger partial charge in [-0.05, 0) is 11.6 Å². The molecule has 0 bridgehead atoms. The van der Waals surface area contributed by atoms with Crippen molar-refractivity contribution in [2.75, 3.05) is 7.11 Å². The van der Waals surface area contributed by atoms with E-state index in [9.17, 15) is 4.39 Å². The van der Waals surface area contributed by atoms with Crippen molar-refractivity contribution >= 4 is 0 Å². The minimum Gasteiger partial charge on any atom is -0.494 e. The minimum absolute atomic E-state index is 0.00810. The molecular weight excluding hydrogens is 173 g/mol. The van der Waals surface area contributed by atoms with Crippen LogP contribution in [0.15, 0.2) is 12.1 Å². The molecule has 1 N–H and O–H groups in total. The van der Waals surface area contributed by atoms with Crippen molar-refractivity contribution in [3.63, 3.8) is 0 Å². The Morgan fingerprint density at radius 2 is 2.31 bits per heavy atom. The molecule has 1 aromatic carbocycles. The van der Waals surface area contributed by atoms with E-state index < -0.39 is 5.82 Å². The lowest BCUT2D eigenvalue weighted by molar-refractivity contribution is 0.280. The van der Waals surface area contributed by atoms with Crippen molar-refractivity contribution in [2.24, 2.45) is 0 Å². The van der Waals surface area contributed by atoms with Crippen molar-refractivity contribution < 1.29 is 14.2 Å². The van der Waals surface area contributed by atoms with Gasteiger partial charge in [-0.2, -0.15) is 5.26 Å². The fourth-order valence-electron chi connectivity index (χ4n) is 0.986. The van der Waals surface area contributed by atoms with E-state index in [-0.39, 0.29) is 23.5 Å². The van der Waals surface area contributed by atoms with Crippen LogP contribution in [0.2, 0.25) is 0 Å². The summed E-state index contributed by atoms with van der Waals surface area (Å²) < 4.78 is 17.7. The van der Waals surface area contributed by atoms with E-state index in [0.29, 0.717) is 0 Å². The molecular formula is C9H8FNO2. The molecule has 0 aliphatic rings. The monoisotopic (exact) mass is 181 g/mol. The lowest BCUT2D eigenvalue weighted by Gasteiger charge is -2.04. The molecule has 0 saturated heterocycles. The number of aliphatic hydroxyl groups excluding tert-OH is 1. The van der Waals surface area contributed by atoms with Crippen molar-refractivity contribution in [1.29, 1.82) is 5.26 Å². The normalized spacial score (nSPS) is 9.38. The second-order valence-corrected chi connectivity index (χ2v) is 2.41. The molecule has 0 amide bonds. The van der Waals surface area contributed by atoms with E-state index in [1.807, 2.05) is 6.07 Å². The van der Waals surface area contributed by atoms with Gasteiger partial charge in [0.15, 0.2) is 11.6 Å². The van der Waals surface area contributed by atoms with Crippen molar-refractivity contribution in [3.8, 4) is 11.8 Å². The highest BCUT2D eigenvalue weighted by atomic mass is 19.1. The number of rotatable bonds is 2. The Labute approximate surface area is 75.0 Å². The van der Waals surface area contributed by atoms with Gasteiger partial charge in [-0.15, -0.1) is 0 Å². The van der Waals surface area contributed by atoms with Gasteiger partial charge >= 0.3 is 0 Å². The van der Waals surface area contributed by atoms with E-state index in [0.717, 1.165) is 6.07 Å². The van der Waals surface area contributed by atoms with Crippen LogP contribution in [-0.4, -0.2) is 12.2 Å². The number of aliphatic hydroxyl groups is 1. The fraction of sp³-hybridized carbons (Fsp3) is 0.222. The highest BCUT2D eigenvalue weighted by molar-refractivity contribution is 5.43. The number of ether oxygens (including phenoxy) is 1. The second kappa shape index (κ2) is 3.87. The van der Waals surface area contributed by atoms with Gasteiger partial charge in [-0.1, -0.05) is 0 Å². The molecule has 0 heterocycles. The van der Waals surface area contributed by atoms with Crippen LogP contribution in [0.5, 0.6) is 5.75 Å². The standard InChI is InChI=1S/C9H8FNO2/c1-13-9-3-6(4-11)7(5-12)2-8(9)10/h2-3,12H,5H2,1H3. The van der Waals surface area contributed by atoms with Crippen molar-refractivity contribution in [1.82, 2.24) is 0 Å². The molecule has 0 spiro atoms. The van der Waals surface area contributed by atoms with Gasteiger partial charge in [0.25, 0.3) is 0 Å². The van der Waals surface area contributed by atoms with Crippen LogP contribution >= 0.6 is 0 Å². The van der Waals surface area contributed by atoms with E-state index in [4.69, 9.17) is 10.4 Å². The van der Waals surface area contributed by atoms with E-state index in [2.05, 4.69) is 4.74 Å². The zero-order valence-corrected chi connectivity index (χ0v) is 7.04. The molecule has 68 valence electrons. The zero-order valence-electron chi connectivity index (χ0n) is 7.04. The van der Waals surface area contributed by atoms with Crippen LogP contribution in [-0.2, 0) is 6.61 Å². The quantitative estimate of drug-likeness (QED) is 0.745. The number of hydrogen-bond acceptors (Lipinski definition) is 3. The summed E-state index contributed by atoms with van der Waals surface area (Å²) in [7, 11) is 1.32. The summed E-state index contributed by atoms with van der Waals surface area (Å²) in [4.78, 5) is 0. The predicted molar refractivity (Wildman–Crippen MR) is 43.6 cm³/mol. The van der Waals surface area contributed by atoms with Crippen LogP contribution in [0, 0.1) is 17.1 Å². The summed E-state index contributed by atoms with van der Waals surface area (Å²) >= 11 is 0. The van der Waals surface area contributed by atoms with Crippen LogP contribution < -0.4 is 4.74 Å². The summed E-state index contributed by atoms with van der Waals surface area (Å²) in [5.41, 5.74) is 0.488. The predicted octanol–water partition coefficient (Wildman–Crippen LogP) is 1.20. The Morgan fingerprint density at radius 1 is 1.62 bits per heavy atom. The first-order valence-corrected chi connectivity index (χ1v) is 3.60. The summed E-state index contributed by atoms with van der Waals surface area (Å²) in [6.07, 6.45) is 0. The summed E-state index contributed by atoms with van der Waals surface area (Å²) in [5, 5.41) is 17.4. The molecule has 4 heteroatoms. The number of methoxy groups -OCH3 is 1. The third kappa shape index (κ3) is 1.76. The van der Waals surface area contributed by atoms with Gasteiger partial charge in [0.2, 0.25) is 0 Å². The summed E-state index contributed by atoms with van der Waals surface area (Å²) in [5.74, 6) is -0.570. The van der Waals surface area contributed by atoms with Crippen LogP contribution in [0.1, 0.15) is 11.1 Å². The van der Waals surface area contributed by atoms with Crippen molar-refractivity contribution in [3.05, 3.63) is 29.1 Å². The SMILES string of the molecule is COc1cc(C#N)c(CO)cc1F. The first kappa shape index (κ1) is 9.49. The van der Waals surface area contributed by atoms with Crippen LogP contribution in [0.4, 0.5) is 4.39 Å². The maximum absolute atomic E-state index is 13.0. The molecule has 1 aromatic rings. The van der Waals surface area contributed by atoms with Crippen molar-refractivity contribution in [2.45, 2.75) is 6.61 Å². The summed E-state index contributed by atoms with van der Waals surface area (Å²) in [6, 6.07) is 4.20. The average molecular weight is 181 g/mol. The molecule has 0 aromatic heterocycles. The number of hydrogen-bond donors (Lipinski definition) is 1. The van der Waals surface area contributed by atoms with E-state index in [1.165, 1.54) is 13.2 Å². The molecule has 0 aliphatic heterocycles. The molecule has 3 nitrogen and oxygen atoms in total. The number of nitrogens with zero attached hydrogens (tertiary/aromatic N) is 1. The van der Waals surface area contributed by atoms with E-state index >= 15 is 0 Å². The van der Waals surface area contributed by atoms with Gasteiger partial charge in [0.05, 0.1) is 25.3 Å². The third-order valence-corrected chi connectivity index (χ3v) is 1.67. The number of benzene rings is 1. The maximum atomic E-state index is 13.0. The lowest BCUT2D eigenvalue weighted by Crippen LogP contribution is -1.95. The van der Waals surface area contributed by atoms with Gasteiger partial charge in [0.1, 0.15) is 0 Å². The molecule has 0 unspecified atom stereocenters. The highest BCUT2D eigenvalue weighted by Gasteiger charge is 2.08. The topological polar surface area (TPSA) is 53.2 Å². The van der Waals surface area contributed by atoms with Crippen LogP contribution in [0.3, 0.4) is 0 Å². The Kier molecular flexibility index (Phi) is 2.83. The smallest absolute Gasteiger partial charge is 0.165 e. The Bertz CT molecular complexity index is 357. The second-order valence-electron chi connectivity index (χ2n) is 2.41. The molecule has 13 heavy (non-hydrogen) atoms. The van der Waals surface area contributed by atoms with Gasteiger partial charge in [-0.25, -0.2) is 4.39 Å². The zero-order chi connectivity index (χ0) is 9.84. The van der Waals surface area contributed by atoms with Crippen LogP contribution in [0.25, 0.3) is 0 Å². The number of nitriles is 1. The molecule has 0 saturated carbocycles. The van der Waals surface area contributed by atoms with E-state index in [1.54, 1.807) is 0 Å². The maximum Gasteiger partial charge on any atom is 0.165 e. The van der Waals surface area contributed by atoms with Gasteiger partial charge in [-0.3, -0.25) is 0 Å². The minimum atomic E-state index is -0.578. The largest absolute Gasteiger partial charge is 0.494 e. The Morgan fingerprint density at radius 3 is 2.77 bits per heavy atom. The van der Waals surface area contributed by atoms with Gasteiger partial charge < -0.3 is 9.84 Å². The first-order chi connectivity index (χ1) is 6.22. The Hall–Kier alpha value is -1.60. The molecule has 0 fully saturated rings. The first-order valence-electron chi connectivity index (χ1n) is 3.60. The number of halogens is 1. The molecule has 0 aliphatic carbocycles. The average Bonchev–Trinajstić information content (AvgIpc) is 2.17. The molecule has 0 radical (unpaired) electrons. The van der Waals surface area contributed by atoms with Gasteiger partial charge in [0, 0.05) is 6.07 Å². The third-order valence-electron chi connectivity index (χ3n) is 1.67.